The van der Waals surface area contributed by atoms with Crippen molar-refractivity contribution in [1.29, 1.82) is 0 Å². The molecule has 0 amide bonds. The highest BCUT2D eigenvalue weighted by Gasteiger charge is 2.15. The summed E-state index contributed by atoms with van der Waals surface area (Å²) in [5.41, 5.74) is 3.91. The van der Waals surface area contributed by atoms with Crippen molar-refractivity contribution in [3.05, 3.63) is 28.8 Å². The third kappa shape index (κ3) is 1.62. The maximum absolute atomic E-state index is 9.76. The van der Waals surface area contributed by atoms with E-state index in [2.05, 4.69) is 11.4 Å². The highest BCUT2D eigenvalue weighted by atomic mass is 16.3. The van der Waals surface area contributed by atoms with Crippen LogP contribution in [-0.4, -0.2) is 12.2 Å². The molecule has 1 aliphatic carbocycles. The maximum atomic E-state index is 9.76. The Labute approximate surface area is 85.0 Å². The summed E-state index contributed by atoms with van der Waals surface area (Å²) in [5.74, 6) is 0.444. The minimum absolute atomic E-state index is 0.444. The van der Waals surface area contributed by atoms with E-state index in [0.29, 0.717) is 5.75 Å². The van der Waals surface area contributed by atoms with Gasteiger partial charge >= 0.3 is 0 Å². The van der Waals surface area contributed by atoms with Crippen LogP contribution in [0.3, 0.4) is 0 Å². The van der Waals surface area contributed by atoms with Gasteiger partial charge in [-0.25, -0.2) is 0 Å². The summed E-state index contributed by atoms with van der Waals surface area (Å²) in [5, 5.41) is 12.9. The number of hydrogen-bond acceptors (Lipinski definition) is 2. The minimum atomic E-state index is 0.444. The molecule has 2 heteroatoms. The van der Waals surface area contributed by atoms with Gasteiger partial charge in [0.15, 0.2) is 0 Å². The van der Waals surface area contributed by atoms with E-state index >= 15 is 0 Å². The molecule has 0 unspecified atom stereocenters. The number of phenols is 1. The summed E-state index contributed by atoms with van der Waals surface area (Å²) >= 11 is 0. The summed E-state index contributed by atoms with van der Waals surface area (Å²) in [6, 6.07) is 3.90. The molecule has 0 saturated heterocycles. The van der Waals surface area contributed by atoms with Gasteiger partial charge in [0.2, 0.25) is 0 Å². The van der Waals surface area contributed by atoms with E-state index in [1.165, 1.54) is 30.4 Å². The zero-order chi connectivity index (χ0) is 9.97. The predicted molar refractivity (Wildman–Crippen MR) is 57.5 cm³/mol. The van der Waals surface area contributed by atoms with Gasteiger partial charge in [-0.3, -0.25) is 0 Å². The maximum Gasteiger partial charge on any atom is 0.120 e. The van der Waals surface area contributed by atoms with E-state index in [9.17, 15) is 5.11 Å². The molecule has 0 aliphatic heterocycles. The molecule has 0 heterocycles. The van der Waals surface area contributed by atoms with E-state index < -0.39 is 0 Å². The van der Waals surface area contributed by atoms with Gasteiger partial charge in [0.25, 0.3) is 0 Å². The molecule has 0 bridgehead atoms. The van der Waals surface area contributed by atoms with Gasteiger partial charge in [-0.15, -0.1) is 0 Å². The van der Waals surface area contributed by atoms with Crippen LogP contribution in [-0.2, 0) is 19.4 Å². The smallest absolute Gasteiger partial charge is 0.120 e. The summed E-state index contributed by atoms with van der Waals surface area (Å²) in [7, 11) is 1.92. The Morgan fingerprint density at radius 2 is 2.07 bits per heavy atom. The predicted octanol–water partition coefficient (Wildman–Crippen LogP) is 1.99. The van der Waals surface area contributed by atoms with E-state index in [4.69, 9.17) is 0 Å². The zero-order valence-electron chi connectivity index (χ0n) is 8.64. The fourth-order valence-corrected chi connectivity index (χ4v) is 2.27. The zero-order valence-corrected chi connectivity index (χ0v) is 8.64. The molecule has 0 radical (unpaired) electrons. The van der Waals surface area contributed by atoms with Crippen LogP contribution in [0.1, 0.15) is 29.5 Å². The van der Waals surface area contributed by atoms with Crippen molar-refractivity contribution in [1.82, 2.24) is 5.32 Å². The summed E-state index contributed by atoms with van der Waals surface area (Å²) < 4.78 is 0. The Morgan fingerprint density at radius 3 is 2.86 bits per heavy atom. The Bertz CT molecular complexity index is 333. The van der Waals surface area contributed by atoms with Gasteiger partial charge in [0.05, 0.1) is 0 Å². The van der Waals surface area contributed by atoms with Crippen LogP contribution >= 0.6 is 0 Å². The standard InChI is InChI=1S/C12H17NO/c1-13-8-11-10-5-3-2-4-9(10)6-7-12(11)14/h6-7,13-14H,2-5,8H2,1H3. The van der Waals surface area contributed by atoms with Crippen LogP contribution in [0, 0.1) is 0 Å². The first-order valence-electron chi connectivity index (χ1n) is 5.30. The van der Waals surface area contributed by atoms with Gasteiger partial charge in [-0.05, 0) is 49.9 Å². The average Bonchev–Trinajstić information content (AvgIpc) is 2.23. The van der Waals surface area contributed by atoms with Crippen LogP contribution in [0.25, 0.3) is 0 Å². The first-order chi connectivity index (χ1) is 6.83. The number of rotatable bonds is 2. The third-order valence-corrected chi connectivity index (χ3v) is 2.98. The topological polar surface area (TPSA) is 32.3 Å². The monoisotopic (exact) mass is 191 g/mol. The molecule has 1 aromatic rings. The molecule has 0 atom stereocenters. The van der Waals surface area contributed by atoms with Crippen molar-refractivity contribution in [2.45, 2.75) is 32.2 Å². The largest absolute Gasteiger partial charge is 0.508 e. The van der Waals surface area contributed by atoms with E-state index in [-0.39, 0.29) is 0 Å². The van der Waals surface area contributed by atoms with Gasteiger partial charge < -0.3 is 10.4 Å². The molecule has 0 fully saturated rings. The fourth-order valence-electron chi connectivity index (χ4n) is 2.27. The Morgan fingerprint density at radius 1 is 1.29 bits per heavy atom. The second-order valence-corrected chi connectivity index (χ2v) is 3.94. The SMILES string of the molecule is CNCc1c(O)ccc2c1CCCC2. The number of fused-ring (bicyclic) bond motifs is 1. The van der Waals surface area contributed by atoms with Crippen molar-refractivity contribution in [3.63, 3.8) is 0 Å². The van der Waals surface area contributed by atoms with E-state index in [1.807, 2.05) is 13.1 Å². The molecule has 0 aromatic heterocycles. The van der Waals surface area contributed by atoms with Crippen molar-refractivity contribution in [2.24, 2.45) is 0 Å². The molecule has 76 valence electrons. The van der Waals surface area contributed by atoms with Crippen molar-refractivity contribution in [3.8, 4) is 5.75 Å². The molecule has 1 aromatic carbocycles. The Kier molecular flexibility index (Phi) is 2.73. The fraction of sp³-hybridized carbons (Fsp3) is 0.500. The summed E-state index contributed by atoms with van der Waals surface area (Å²) in [6.07, 6.45) is 4.84. The molecule has 2 nitrogen and oxygen atoms in total. The van der Waals surface area contributed by atoms with Gasteiger partial charge in [-0.1, -0.05) is 6.07 Å². The Balaban J connectivity index is 2.43. The quantitative estimate of drug-likeness (QED) is 0.749. The molecule has 0 spiro atoms. The van der Waals surface area contributed by atoms with Gasteiger partial charge in [0, 0.05) is 12.1 Å². The minimum Gasteiger partial charge on any atom is -0.508 e. The number of aromatic hydroxyl groups is 1. The average molecular weight is 191 g/mol. The van der Waals surface area contributed by atoms with Crippen LogP contribution in [0.2, 0.25) is 0 Å². The van der Waals surface area contributed by atoms with Crippen LogP contribution in [0.15, 0.2) is 12.1 Å². The van der Waals surface area contributed by atoms with Crippen LogP contribution in [0.5, 0.6) is 5.75 Å². The number of phenolic OH excluding ortho intramolecular Hbond substituents is 1. The Hall–Kier alpha value is -1.02. The molecular weight excluding hydrogens is 174 g/mol. The lowest BCUT2D eigenvalue weighted by atomic mass is 9.88. The van der Waals surface area contributed by atoms with Crippen molar-refractivity contribution in [2.75, 3.05) is 7.05 Å². The third-order valence-electron chi connectivity index (χ3n) is 2.98. The molecular formula is C12H17NO. The molecule has 14 heavy (non-hydrogen) atoms. The highest BCUT2D eigenvalue weighted by molar-refractivity contribution is 5.45. The first-order valence-corrected chi connectivity index (χ1v) is 5.30. The van der Waals surface area contributed by atoms with E-state index in [1.54, 1.807) is 0 Å². The van der Waals surface area contributed by atoms with Crippen molar-refractivity contribution >= 4 is 0 Å². The second-order valence-electron chi connectivity index (χ2n) is 3.94. The number of hydrogen-bond donors (Lipinski definition) is 2. The molecule has 2 N–H and O–H groups in total. The number of aryl methyl sites for hydroxylation is 1. The number of benzene rings is 1. The molecule has 1 aliphatic rings. The summed E-state index contributed by atoms with van der Waals surface area (Å²) in [4.78, 5) is 0. The van der Waals surface area contributed by atoms with Gasteiger partial charge in [-0.2, -0.15) is 0 Å². The lowest BCUT2D eigenvalue weighted by Crippen LogP contribution is -2.12. The normalized spacial score (nSPS) is 15.2. The lowest BCUT2D eigenvalue weighted by Gasteiger charge is -2.20. The lowest BCUT2D eigenvalue weighted by molar-refractivity contribution is 0.463. The van der Waals surface area contributed by atoms with Crippen LogP contribution < -0.4 is 5.32 Å². The molecule has 2 rings (SSSR count). The second kappa shape index (κ2) is 4.01. The van der Waals surface area contributed by atoms with Crippen LogP contribution in [0.4, 0.5) is 0 Å². The number of nitrogens with one attached hydrogen (secondary N) is 1. The van der Waals surface area contributed by atoms with Crippen molar-refractivity contribution < 1.29 is 5.11 Å². The van der Waals surface area contributed by atoms with E-state index in [0.717, 1.165) is 18.5 Å². The molecule has 0 saturated carbocycles. The first kappa shape index (κ1) is 9.53. The highest BCUT2D eigenvalue weighted by Crippen LogP contribution is 2.30. The van der Waals surface area contributed by atoms with Gasteiger partial charge in [0.1, 0.15) is 5.75 Å². The summed E-state index contributed by atoms with van der Waals surface area (Å²) in [6.45, 7) is 0.773.